The van der Waals surface area contributed by atoms with E-state index in [4.69, 9.17) is 9.47 Å². The first-order valence-electron chi connectivity index (χ1n) is 10.2. The topological polar surface area (TPSA) is 77.5 Å². The summed E-state index contributed by atoms with van der Waals surface area (Å²) in [4.78, 5) is 28.8. The minimum absolute atomic E-state index is 0.169. The number of nitrogens with zero attached hydrogens (tertiary/aromatic N) is 1. The Morgan fingerprint density at radius 3 is 2.47 bits per heavy atom. The van der Waals surface area contributed by atoms with Crippen molar-refractivity contribution in [3.05, 3.63) is 83.9 Å². The number of anilines is 1. The fourth-order valence-corrected chi connectivity index (χ4v) is 4.04. The molecule has 1 heterocycles. The van der Waals surface area contributed by atoms with Crippen molar-refractivity contribution in [3.63, 3.8) is 0 Å². The monoisotopic (exact) mass is 446 g/mol. The van der Waals surface area contributed by atoms with Gasteiger partial charge in [0.15, 0.2) is 0 Å². The van der Waals surface area contributed by atoms with Gasteiger partial charge < -0.3 is 9.47 Å². The molecule has 0 aliphatic heterocycles. The molecule has 32 heavy (non-hydrogen) atoms. The second-order valence-electron chi connectivity index (χ2n) is 7.42. The molecule has 3 aromatic carbocycles. The number of carbonyl (C=O) groups excluding carboxylic acids is 2. The number of aromatic nitrogens is 1. The highest BCUT2D eigenvalue weighted by atomic mass is 32.1. The van der Waals surface area contributed by atoms with Gasteiger partial charge in [0.2, 0.25) is 0 Å². The zero-order chi connectivity index (χ0) is 22.5. The lowest BCUT2D eigenvalue weighted by Crippen LogP contribution is -2.13. The number of amides is 1. The number of thiazole rings is 1. The number of rotatable bonds is 6. The number of fused-ring (bicyclic) bond motifs is 1. The summed E-state index contributed by atoms with van der Waals surface area (Å²) in [6.07, 6.45) is -0.680. The maximum atomic E-state index is 12.1. The van der Waals surface area contributed by atoms with Crippen molar-refractivity contribution in [1.29, 1.82) is 0 Å². The highest BCUT2D eigenvalue weighted by Crippen LogP contribution is 2.31. The maximum Gasteiger partial charge on any atom is 0.411 e. The second kappa shape index (κ2) is 9.62. The maximum absolute atomic E-state index is 12.1. The Morgan fingerprint density at radius 1 is 1.00 bits per heavy atom. The van der Waals surface area contributed by atoms with Crippen molar-refractivity contribution >= 4 is 39.3 Å². The summed E-state index contributed by atoms with van der Waals surface area (Å²) in [7, 11) is 0. The molecule has 7 heteroatoms. The van der Waals surface area contributed by atoms with Crippen LogP contribution in [0.5, 0.6) is 0 Å². The molecule has 0 aliphatic carbocycles. The van der Waals surface area contributed by atoms with E-state index in [1.54, 1.807) is 24.3 Å². The predicted octanol–water partition coefficient (Wildman–Crippen LogP) is 6.28. The minimum atomic E-state index is -0.512. The van der Waals surface area contributed by atoms with E-state index in [9.17, 15) is 9.59 Å². The molecule has 0 radical (unpaired) electrons. The van der Waals surface area contributed by atoms with Crippen LogP contribution in [-0.4, -0.2) is 23.2 Å². The molecule has 0 spiro atoms. The summed E-state index contributed by atoms with van der Waals surface area (Å²) in [5.41, 5.74) is 3.80. The number of hydrogen-bond acceptors (Lipinski definition) is 6. The van der Waals surface area contributed by atoms with Crippen molar-refractivity contribution < 1.29 is 19.1 Å². The van der Waals surface area contributed by atoms with Gasteiger partial charge in [0.05, 0.1) is 21.9 Å². The average Bonchev–Trinajstić information content (AvgIpc) is 3.22. The van der Waals surface area contributed by atoms with Crippen LogP contribution >= 0.6 is 11.3 Å². The highest BCUT2D eigenvalue weighted by Gasteiger charge is 2.13. The third-order valence-electron chi connectivity index (χ3n) is 4.56. The summed E-state index contributed by atoms with van der Waals surface area (Å²) in [6.45, 7) is 3.86. The van der Waals surface area contributed by atoms with Gasteiger partial charge in [0, 0.05) is 11.3 Å². The van der Waals surface area contributed by atoms with Crippen molar-refractivity contribution in [2.75, 3.05) is 5.32 Å². The van der Waals surface area contributed by atoms with Gasteiger partial charge in [-0.05, 0) is 61.9 Å². The first-order chi connectivity index (χ1) is 15.5. The molecule has 162 valence electrons. The summed E-state index contributed by atoms with van der Waals surface area (Å²) in [5.74, 6) is -0.341. The molecule has 0 unspecified atom stereocenters. The fourth-order valence-electron chi connectivity index (χ4n) is 3.03. The number of nitrogens with one attached hydrogen (secondary N) is 1. The van der Waals surface area contributed by atoms with Gasteiger partial charge in [0.25, 0.3) is 0 Å². The van der Waals surface area contributed by atoms with Crippen LogP contribution in [0.4, 0.5) is 10.5 Å². The fraction of sp³-hybridized carbons (Fsp3) is 0.160. The van der Waals surface area contributed by atoms with E-state index >= 15 is 0 Å². The van der Waals surface area contributed by atoms with Crippen LogP contribution < -0.4 is 5.32 Å². The third-order valence-corrected chi connectivity index (χ3v) is 5.63. The Hall–Kier alpha value is -3.71. The van der Waals surface area contributed by atoms with Crippen molar-refractivity contribution in [2.24, 2.45) is 0 Å². The highest BCUT2D eigenvalue weighted by molar-refractivity contribution is 7.21. The van der Waals surface area contributed by atoms with E-state index in [0.717, 1.165) is 26.4 Å². The van der Waals surface area contributed by atoms with Gasteiger partial charge >= 0.3 is 12.1 Å². The van der Waals surface area contributed by atoms with Crippen molar-refractivity contribution in [3.8, 4) is 10.6 Å². The van der Waals surface area contributed by atoms with E-state index in [1.165, 1.54) is 11.3 Å². The van der Waals surface area contributed by atoms with Gasteiger partial charge in [-0.25, -0.2) is 14.6 Å². The smallest absolute Gasteiger partial charge is 0.411 e. The molecule has 4 aromatic rings. The first kappa shape index (κ1) is 21.5. The molecule has 0 atom stereocenters. The van der Waals surface area contributed by atoms with Crippen LogP contribution in [0, 0.1) is 0 Å². The molecular formula is C25H22N2O4S. The normalized spacial score (nSPS) is 10.8. The number of hydrogen-bond donors (Lipinski definition) is 1. The molecule has 6 nitrogen and oxygen atoms in total. The summed E-state index contributed by atoms with van der Waals surface area (Å²) >= 11 is 1.50. The molecule has 1 N–H and O–H groups in total. The number of benzene rings is 3. The molecule has 0 saturated heterocycles. The number of esters is 1. The van der Waals surface area contributed by atoms with Crippen molar-refractivity contribution in [2.45, 2.75) is 26.6 Å². The molecular weight excluding hydrogens is 424 g/mol. The Balaban J connectivity index is 1.41. The Bertz CT molecular complexity index is 1230. The predicted molar refractivity (Wildman–Crippen MR) is 126 cm³/mol. The van der Waals surface area contributed by atoms with Gasteiger partial charge in [-0.1, -0.05) is 30.3 Å². The Kier molecular flexibility index (Phi) is 6.47. The van der Waals surface area contributed by atoms with Gasteiger partial charge in [0.1, 0.15) is 11.6 Å². The largest absolute Gasteiger partial charge is 0.459 e. The van der Waals surface area contributed by atoms with Crippen LogP contribution in [0.15, 0.2) is 72.8 Å². The van der Waals surface area contributed by atoms with Crippen LogP contribution in [0.2, 0.25) is 0 Å². The molecule has 1 amide bonds. The van der Waals surface area contributed by atoms with Gasteiger partial charge in [-0.15, -0.1) is 11.3 Å². The van der Waals surface area contributed by atoms with Gasteiger partial charge in [-0.3, -0.25) is 5.32 Å². The number of ether oxygens (including phenoxy) is 2. The quantitative estimate of drug-likeness (QED) is 0.353. The Labute approximate surface area is 189 Å². The second-order valence-corrected chi connectivity index (χ2v) is 8.45. The molecule has 0 fully saturated rings. The summed E-state index contributed by atoms with van der Waals surface area (Å²) in [6, 6.07) is 22.2. The van der Waals surface area contributed by atoms with E-state index in [1.807, 2.05) is 62.4 Å². The molecule has 0 aliphatic rings. The van der Waals surface area contributed by atoms with Crippen molar-refractivity contribution in [1.82, 2.24) is 4.98 Å². The van der Waals surface area contributed by atoms with Crippen LogP contribution in [0.3, 0.4) is 0 Å². The van der Waals surface area contributed by atoms with Crippen LogP contribution in [-0.2, 0) is 16.1 Å². The van der Waals surface area contributed by atoms with E-state index in [2.05, 4.69) is 10.3 Å². The SMILES string of the molecule is CC(C)OC(=O)c1ccc2nc(-c3ccc(NC(=O)OCc4ccccc4)cc3)sc2c1. The zero-order valence-electron chi connectivity index (χ0n) is 17.7. The average molecular weight is 447 g/mol. The summed E-state index contributed by atoms with van der Waals surface area (Å²) < 4.78 is 11.4. The minimum Gasteiger partial charge on any atom is -0.459 e. The molecule has 0 saturated carbocycles. The zero-order valence-corrected chi connectivity index (χ0v) is 18.5. The van der Waals surface area contributed by atoms with E-state index < -0.39 is 6.09 Å². The number of carbonyl (C=O) groups is 2. The lowest BCUT2D eigenvalue weighted by Gasteiger charge is -2.07. The standard InChI is InChI=1S/C25H22N2O4S/c1-16(2)31-24(28)19-10-13-21-22(14-19)32-23(27-21)18-8-11-20(12-9-18)26-25(29)30-15-17-6-4-3-5-7-17/h3-14,16H,15H2,1-2H3,(H,26,29). The molecule has 0 bridgehead atoms. The molecule has 4 rings (SSSR count). The third kappa shape index (κ3) is 5.31. The lowest BCUT2D eigenvalue weighted by atomic mass is 10.2. The van der Waals surface area contributed by atoms with Crippen LogP contribution in [0.25, 0.3) is 20.8 Å². The van der Waals surface area contributed by atoms with Crippen LogP contribution in [0.1, 0.15) is 29.8 Å². The molecule has 1 aromatic heterocycles. The summed E-state index contributed by atoms with van der Waals surface area (Å²) in [5, 5.41) is 3.55. The Morgan fingerprint density at radius 2 is 1.75 bits per heavy atom. The van der Waals surface area contributed by atoms with E-state index in [0.29, 0.717) is 11.3 Å². The lowest BCUT2D eigenvalue weighted by molar-refractivity contribution is 0.0378. The van der Waals surface area contributed by atoms with Gasteiger partial charge in [-0.2, -0.15) is 0 Å². The van der Waals surface area contributed by atoms with E-state index in [-0.39, 0.29) is 18.7 Å². The first-order valence-corrected chi connectivity index (χ1v) is 11.0.